The maximum atomic E-state index is 13.4. The predicted octanol–water partition coefficient (Wildman–Crippen LogP) is 5.89. The normalized spacial score (nSPS) is 19.8. The van der Waals surface area contributed by atoms with Crippen molar-refractivity contribution in [2.75, 3.05) is 25.1 Å². The topological polar surface area (TPSA) is 115 Å². The van der Waals surface area contributed by atoms with E-state index in [9.17, 15) is 27.2 Å². The second-order valence-corrected chi connectivity index (χ2v) is 11.7. The number of aliphatic hydroxyl groups excluding tert-OH is 1. The van der Waals surface area contributed by atoms with Crippen LogP contribution in [-0.4, -0.2) is 69.8 Å². The third-order valence-corrected chi connectivity index (χ3v) is 8.08. The summed E-state index contributed by atoms with van der Waals surface area (Å²) in [5.41, 5.74) is 3.75. The lowest BCUT2D eigenvalue weighted by Crippen LogP contribution is -2.46. The number of hydrogen-bond donors (Lipinski definition) is 4. The molecule has 5 rings (SSSR count). The fourth-order valence-corrected chi connectivity index (χ4v) is 5.77. The van der Waals surface area contributed by atoms with Gasteiger partial charge in [0.25, 0.3) is 5.92 Å². The molecule has 12 heteroatoms. The van der Waals surface area contributed by atoms with Crippen molar-refractivity contribution < 1.29 is 42.1 Å². The monoisotopic (exact) mass is 621 g/mol. The van der Waals surface area contributed by atoms with Gasteiger partial charge in [0.2, 0.25) is 0 Å². The minimum Gasteiger partial charge on any atom is -0.481 e. The number of H-pyrrole nitrogens is 1. The fraction of sp³-hybridized carbons (Fsp3) is 0.500. The summed E-state index contributed by atoms with van der Waals surface area (Å²) >= 11 is 0. The number of rotatable bonds is 12. The Balaban J connectivity index is 0.000000204. The summed E-state index contributed by atoms with van der Waals surface area (Å²) in [6.07, 6.45) is 3.88. The van der Waals surface area contributed by atoms with Crippen LogP contribution in [0.5, 0.6) is 0 Å². The third kappa shape index (κ3) is 9.43. The zero-order valence-corrected chi connectivity index (χ0v) is 24.6. The van der Waals surface area contributed by atoms with Crippen LogP contribution in [0.1, 0.15) is 56.7 Å². The average Bonchev–Trinajstić information content (AvgIpc) is 3.29. The maximum absolute atomic E-state index is 13.4. The van der Waals surface area contributed by atoms with Crippen LogP contribution in [0.2, 0.25) is 0 Å². The number of carbonyl (C=O) groups is 2. The standard InChI is InChI=1S/C17H21F2NO4.C15H18F2N2O/c18-12-8-13(19)10-15(9-12)20-14-6-11(7-14)2-1-5-24-17(23)4-3-16(21)22;1-10-6-12-11-4-2-3-5-13(11)18-14(12)7-19(10)8-15(16,17)9-20/h8-11,14,20H,1-7H2,(H,21,22);2-5,10,18,20H,6-9H2,1H3/t;10-/m.1/s1. The number of esters is 1. The number of aliphatic hydroxyl groups is 1. The van der Waals surface area contributed by atoms with Crippen LogP contribution in [0.4, 0.5) is 23.2 Å². The van der Waals surface area contributed by atoms with Crippen molar-refractivity contribution in [3.8, 4) is 0 Å². The van der Waals surface area contributed by atoms with Crippen molar-refractivity contribution in [3.05, 3.63) is 65.4 Å². The second-order valence-electron chi connectivity index (χ2n) is 11.7. The molecule has 0 spiro atoms. The highest BCUT2D eigenvalue weighted by molar-refractivity contribution is 5.85. The summed E-state index contributed by atoms with van der Waals surface area (Å²) in [7, 11) is 0. The summed E-state index contributed by atoms with van der Waals surface area (Å²) in [5, 5.41) is 21.5. The first-order chi connectivity index (χ1) is 20.9. The Bertz CT molecular complexity index is 1410. The van der Waals surface area contributed by atoms with Crippen molar-refractivity contribution in [1.29, 1.82) is 0 Å². The highest BCUT2D eigenvalue weighted by Crippen LogP contribution is 2.34. The number of para-hydroxylation sites is 1. The molecule has 0 unspecified atom stereocenters. The van der Waals surface area contributed by atoms with Gasteiger partial charge in [-0.2, -0.15) is 0 Å². The molecule has 2 aliphatic rings. The van der Waals surface area contributed by atoms with Gasteiger partial charge in [-0.25, -0.2) is 17.6 Å². The smallest absolute Gasteiger partial charge is 0.306 e. The highest BCUT2D eigenvalue weighted by Gasteiger charge is 2.35. The van der Waals surface area contributed by atoms with Crippen LogP contribution in [-0.2, 0) is 27.3 Å². The number of nitrogens with zero attached hydrogens (tertiary/aromatic N) is 1. The predicted molar refractivity (Wildman–Crippen MR) is 157 cm³/mol. The number of hydrogen-bond acceptors (Lipinski definition) is 6. The van der Waals surface area contributed by atoms with Gasteiger partial charge in [0.05, 0.1) is 26.0 Å². The first-order valence-corrected chi connectivity index (χ1v) is 14.8. The van der Waals surface area contributed by atoms with E-state index in [0.717, 1.165) is 49.4 Å². The lowest BCUT2D eigenvalue weighted by atomic mass is 9.77. The van der Waals surface area contributed by atoms with Crippen LogP contribution in [0, 0.1) is 17.6 Å². The molecule has 2 aromatic carbocycles. The molecule has 2 heterocycles. The summed E-state index contributed by atoms with van der Waals surface area (Å²) in [5.74, 6) is -5.25. The number of carbonyl (C=O) groups excluding carboxylic acids is 1. The SMILES string of the molecule is C[C@@H]1Cc2c([nH]c3ccccc23)CN1CC(F)(F)CO.O=C(O)CCC(=O)OCCCC1CC(Nc2cc(F)cc(F)c2)C1. The maximum Gasteiger partial charge on any atom is 0.306 e. The van der Waals surface area contributed by atoms with Crippen molar-refractivity contribution in [2.24, 2.45) is 5.92 Å². The van der Waals surface area contributed by atoms with Gasteiger partial charge in [-0.15, -0.1) is 0 Å². The Morgan fingerprint density at radius 1 is 1.11 bits per heavy atom. The van der Waals surface area contributed by atoms with E-state index in [1.807, 2.05) is 25.1 Å². The number of aromatic amines is 1. The van der Waals surface area contributed by atoms with Gasteiger partial charge in [0, 0.05) is 47.0 Å². The van der Waals surface area contributed by atoms with Gasteiger partial charge in [0.15, 0.2) is 0 Å². The molecule has 1 aliphatic heterocycles. The van der Waals surface area contributed by atoms with E-state index >= 15 is 0 Å². The highest BCUT2D eigenvalue weighted by atomic mass is 19.3. The summed E-state index contributed by atoms with van der Waals surface area (Å²) in [6.45, 7) is 1.22. The van der Waals surface area contributed by atoms with Crippen molar-refractivity contribution >= 4 is 28.5 Å². The number of aromatic nitrogens is 1. The molecule has 0 saturated heterocycles. The largest absolute Gasteiger partial charge is 0.481 e. The molecule has 0 bridgehead atoms. The molecule has 0 radical (unpaired) electrons. The van der Waals surface area contributed by atoms with Gasteiger partial charge in [-0.3, -0.25) is 14.5 Å². The average molecular weight is 622 g/mol. The Labute approximate surface area is 253 Å². The van der Waals surface area contributed by atoms with Gasteiger partial charge in [-0.05, 0) is 68.7 Å². The Kier molecular flexibility index (Phi) is 11.3. The first kappa shape index (κ1) is 33.3. The van der Waals surface area contributed by atoms with E-state index in [2.05, 4.69) is 16.4 Å². The van der Waals surface area contributed by atoms with Crippen molar-refractivity contribution in [1.82, 2.24) is 9.88 Å². The molecule has 1 saturated carbocycles. The van der Waals surface area contributed by atoms with Gasteiger partial charge in [0.1, 0.15) is 18.2 Å². The van der Waals surface area contributed by atoms with Crippen LogP contribution in [0.15, 0.2) is 42.5 Å². The zero-order valence-electron chi connectivity index (χ0n) is 24.6. The van der Waals surface area contributed by atoms with E-state index < -0.39 is 42.6 Å². The van der Waals surface area contributed by atoms with E-state index in [0.29, 0.717) is 24.8 Å². The number of halogens is 4. The molecule has 1 aliphatic carbocycles. The molecule has 1 aromatic heterocycles. The molecule has 44 heavy (non-hydrogen) atoms. The van der Waals surface area contributed by atoms with E-state index in [1.54, 1.807) is 4.90 Å². The lowest BCUT2D eigenvalue weighted by molar-refractivity contribution is -0.147. The molecule has 240 valence electrons. The van der Waals surface area contributed by atoms with Crippen LogP contribution >= 0.6 is 0 Å². The molecular formula is C32H39F4N3O5. The molecule has 0 amide bonds. The Morgan fingerprint density at radius 3 is 2.50 bits per heavy atom. The summed E-state index contributed by atoms with van der Waals surface area (Å²) in [4.78, 5) is 26.6. The fourth-order valence-electron chi connectivity index (χ4n) is 5.77. The molecule has 1 atom stereocenters. The number of ether oxygens (including phenoxy) is 1. The number of anilines is 1. The lowest BCUT2D eigenvalue weighted by Gasteiger charge is -2.36. The third-order valence-electron chi connectivity index (χ3n) is 8.08. The zero-order chi connectivity index (χ0) is 31.9. The van der Waals surface area contributed by atoms with Crippen LogP contribution < -0.4 is 5.32 Å². The summed E-state index contributed by atoms with van der Waals surface area (Å²) < 4.78 is 57.9. The molecule has 4 N–H and O–H groups in total. The molecular weight excluding hydrogens is 582 g/mol. The Hall–Kier alpha value is -3.64. The molecule has 1 fully saturated rings. The number of nitrogens with one attached hydrogen (secondary N) is 2. The summed E-state index contributed by atoms with van der Waals surface area (Å²) in [6, 6.07) is 11.7. The van der Waals surface area contributed by atoms with E-state index in [4.69, 9.17) is 14.9 Å². The van der Waals surface area contributed by atoms with Crippen LogP contribution in [0.3, 0.4) is 0 Å². The van der Waals surface area contributed by atoms with Gasteiger partial charge >= 0.3 is 11.9 Å². The number of carboxylic acids is 1. The number of fused-ring (bicyclic) bond motifs is 3. The Morgan fingerprint density at radius 2 is 1.82 bits per heavy atom. The second kappa shape index (κ2) is 14.9. The van der Waals surface area contributed by atoms with E-state index in [-0.39, 0.29) is 24.9 Å². The minimum absolute atomic E-state index is 0.0409. The van der Waals surface area contributed by atoms with Crippen molar-refractivity contribution in [2.45, 2.75) is 76.4 Å². The van der Waals surface area contributed by atoms with Gasteiger partial charge in [-0.1, -0.05) is 18.2 Å². The van der Waals surface area contributed by atoms with Crippen LogP contribution in [0.25, 0.3) is 10.9 Å². The number of carboxylic acid groups (broad SMARTS) is 1. The number of aliphatic carboxylic acids is 1. The molecule has 8 nitrogen and oxygen atoms in total. The molecule has 3 aromatic rings. The van der Waals surface area contributed by atoms with Crippen molar-refractivity contribution in [3.63, 3.8) is 0 Å². The number of benzene rings is 2. The first-order valence-electron chi connectivity index (χ1n) is 14.8. The van der Waals surface area contributed by atoms with E-state index in [1.165, 1.54) is 23.1 Å². The number of alkyl halides is 2. The quantitative estimate of drug-likeness (QED) is 0.113. The minimum atomic E-state index is -3.04. The van der Waals surface area contributed by atoms with Gasteiger partial charge < -0.3 is 25.3 Å².